The van der Waals surface area contributed by atoms with Crippen molar-refractivity contribution in [3.8, 4) is 11.5 Å². The maximum Gasteiger partial charge on any atom is 0.326 e. The maximum atomic E-state index is 13.8. The highest BCUT2D eigenvalue weighted by Crippen LogP contribution is 2.36. The number of aliphatic hydroxyl groups is 1. The largest absolute Gasteiger partial charge is 0.493 e. The summed E-state index contributed by atoms with van der Waals surface area (Å²) in [6.45, 7) is 1.15. The molecule has 9 heteroatoms. The van der Waals surface area contributed by atoms with Crippen LogP contribution in [0.2, 0.25) is 0 Å². The van der Waals surface area contributed by atoms with E-state index in [-0.39, 0.29) is 22.9 Å². The molecule has 0 spiro atoms. The predicted octanol–water partition coefficient (Wildman–Crippen LogP) is 3.54. The van der Waals surface area contributed by atoms with E-state index in [1.807, 2.05) is 6.07 Å². The fourth-order valence-corrected chi connectivity index (χ4v) is 4.94. The van der Waals surface area contributed by atoms with Crippen molar-refractivity contribution in [1.29, 1.82) is 0 Å². The maximum absolute atomic E-state index is 13.8. The van der Waals surface area contributed by atoms with E-state index in [1.165, 1.54) is 32.4 Å². The van der Waals surface area contributed by atoms with Crippen LogP contribution in [0.5, 0.6) is 11.5 Å². The summed E-state index contributed by atoms with van der Waals surface area (Å²) in [4.78, 5) is 12.3. The summed E-state index contributed by atoms with van der Waals surface area (Å²) in [6.07, 6.45) is -1.12. The summed E-state index contributed by atoms with van der Waals surface area (Å²) < 4.78 is 44.0. The number of ether oxygens (including phenoxy) is 3. The molecule has 0 bridgehead atoms. The van der Waals surface area contributed by atoms with E-state index in [4.69, 9.17) is 14.2 Å². The van der Waals surface area contributed by atoms with E-state index in [2.05, 4.69) is 0 Å². The van der Waals surface area contributed by atoms with Gasteiger partial charge in [0.1, 0.15) is 12.6 Å². The number of para-hydroxylation sites is 1. The lowest BCUT2D eigenvalue weighted by Gasteiger charge is -2.27. The number of benzene rings is 3. The minimum absolute atomic E-state index is 0.0946. The average molecular weight is 486 g/mol. The number of methoxy groups -OCH3 is 2. The molecule has 34 heavy (non-hydrogen) atoms. The molecule has 8 nitrogen and oxygen atoms in total. The first-order valence-electron chi connectivity index (χ1n) is 10.6. The minimum Gasteiger partial charge on any atom is -0.493 e. The molecule has 0 heterocycles. The van der Waals surface area contributed by atoms with Gasteiger partial charge in [-0.05, 0) is 30.7 Å². The molecule has 3 aromatic carbocycles. The molecule has 0 aliphatic heterocycles. The minimum atomic E-state index is -4.28. The molecular formula is C25H27NO7S. The molecule has 0 aliphatic rings. The number of hydrogen-bond donors (Lipinski definition) is 1. The van der Waals surface area contributed by atoms with Crippen molar-refractivity contribution in [3.63, 3.8) is 0 Å². The van der Waals surface area contributed by atoms with Gasteiger partial charge < -0.3 is 19.3 Å². The molecule has 0 amide bonds. The number of rotatable bonds is 10. The molecule has 0 radical (unpaired) electrons. The number of aliphatic hydroxyl groups excluding tert-OH is 1. The molecule has 1 unspecified atom stereocenters. The average Bonchev–Trinajstić information content (AvgIpc) is 2.87. The van der Waals surface area contributed by atoms with Crippen LogP contribution in [-0.2, 0) is 19.6 Å². The van der Waals surface area contributed by atoms with Gasteiger partial charge in [-0.25, -0.2) is 8.42 Å². The Morgan fingerprint density at radius 1 is 0.941 bits per heavy atom. The molecule has 0 saturated heterocycles. The summed E-state index contributed by atoms with van der Waals surface area (Å²) >= 11 is 0. The Labute approximate surface area is 199 Å². The second kappa shape index (κ2) is 11.0. The van der Waals surface area contributed by atoms with Gasteiger partial charge in [-0.1, -0.05) is 48.5 Å². The topological polar surface area (TPSA) is 102 Å². The predicted molar refractivity (Wildman–Crippen MR) is 128 cm³/mol. The highest BCUT2D eigenvalue weighted by molar-refractivity contribution is 7.92. The molecule has 3 rings (SSSR count). The highest BCUT2D eigenvalue weighted by atomic mass is 32.2. The van der Waals surface area contributed by atoms with Crippen molar-refractivity contribution < 1.29 is 32.5 Å². The zero-order valence-electron chi connectivity index (χ0n) is 19.2. The van der Waals surface area contributed by atoms with Crippen LogP contribution in [-0.4, -0.2) is 46.9 Å². The summed E-state index contributed by atoms with van der Waals surface area (Å²) in [7, 11) is -1.43. The second-order valence-electron chi connectivity index (χ2n) is 7.21. The van der Waals surface area contributed by atoms with E-state index < -0.39 is 28.6 Å². The summed E-state index contributed by atoms with van der Waals surface area (Å²) in [5, 5.41) is 11.1. The van der Waals surface area contributed by atoms with Gasteiger partial charge in [0.15, 0.2) is 11.5 Å². The second-order valence-corrected chi connectivity index (χ2v) is 9.07. The highest BCUT2D eigenvalue weighted by Gasteiger charge is 2.31. The Morgan fingerprint density at radius 3 is 2.24 bits per heavy atom. The van der Waals surface area contributed by atoms with Gasteiger partial charge in [0, 0.05) is 11.6 Å². The third-order valence-corrected chi connectivity index (χ3v) is 6.89. The first-order chi connectivity index (χ1) is 16.3. The summed E-state index contributed by atoms with van der Waals surface area (Å²) in [6, 6.07) is 19.5. The van der Waals surface area contributed by atoms with Gasteiger partial charge in [0.05, 0.1) is 31.4 Å². The van der Waals surface area contributed by atoms with Gasteiger partial charge in [0.2, 0.25) is 0 Å². The SMILES string of the molecule is CCOC(=O)CN(c1ccccc1C(O)c1ccccc1)S(=O)(=O)c1ccc(OC)c(OC)c1. The van der Waals surface area contributed by atoms with Crippen LogP contribution in [0.3, 0.4) is 0 Å². The van der Waals surface area contributed by atoms with Crippen LogP contribution in [0.25, 0.3) is 0 Å². The number of hydrogen-bond acceptors (Lipinski definition) is 7. The van der Waals surface area contributed by atoms with Crippen molar-refractivity contribution in [2.24, 2.45) is 0 Å². The van der Waals surface area contributed by atoms with Crippen LogP contribution < -0.4 is 13.8 Å². The molecule has 0 aromatic heterocycles. The first-order valence-corrected chi connectivity index (χ1v) is 12.0. The Morgan fingerprint density at radius 2 is 1.59 bits per heavy atom. The fraction of sp³-hybridized carbons (Fsp3) is 0.240. The van der Waals surface area contributed by atoms with E-state index in [0.29, 0.717) is 16.9 Å². The van der Waals surface area contributed by atoms with E-state index >= 15 is 0 Å². The van der Waals surface area contributed by atoms with Crippen molar-refractivity contribution in [3.05, 3.63) is 83.9 Å². The van der Waals surface area contributed by atoms with Gasteiger partial charge in [-0.15, -0.1) is 0 Å². The van der Waals surface area contributed by atoms with Crippen LogP contribution >= 0.6 is 0 Å². The quantitative estimate of drug-likeness (QED) is 0.438. The molecule has 0 fully saturated rings. The Balaban J connectivity index is 2.16. The normalized spacial score (nSPS) is 12.0. The van der Waals surface area contributed by atoms with E-state index in [0.717, 1.165) is 4.31 Å². The Kier molecular flexibility index (Phi) is 8.14. The zero-order valence-corrected chi connectivity index (χ0v) is 20.0. The zero-order chi connectivity index (χ0) is 24.7. The van der Waals surface area contributed by atoms with Crippen LogP contribution in [0.4, 0.5) is 5.69 Å². The lowest BCUT2D eigenvalue weighted by Crippen LogP contribution is -2.37. The molecule has 0 aliphatic carbocycles. The van der Waals surface area contributed by atoms with E-state index in [1.54, 1.807) is 55.5 Å². The van der Waals surface area contributed by atoms with Gasteiger partial charge in [-0.3, -0.25) is 9.10 Å². The summed E-state index contributed by atoms with van der Waals surface area (Å²) in [5.41, 5.74) is 1.05. The third-order valence-electron chi connectivity index (χ3n) is 5.14. The fourth-order valence-electron chi connectivity index (χ4n) is 3.49. The van der Waals surface area contributed by atoms with Gasteiger partial charge >= 0.3 is 5.97 Å². The first kappa shape index (κ1) is 25.1. The third kappa shape index (κ3) is 5.32. The van der Waals surface area contributed by atoms with Crippen molar-refractivity contribution in [1.82, 2.24) is 0 Å². The monoisotopic (exact) mass is 485 g/mol. The van der Waals surface area contributed by atoms with Crippen LogP contribution in [0.1, 0.15) is 24.2 Å². The number of nitrogens with zero attached hydrogens (tertiary/aromatic N) is 1. The molecule has 1 atom stereocenters. The molecule has 180 valence electrons. The number of carbonyl (C=O) groups is 1. The number of carbonyl (C=O) groups excluding carboxylic acids is 1. The Bertz CT molecular complexity index is 1230. The lowest BCUT2D eigenvalue weighted by atomic mass is 10.00. The van der Waals surface area contributed by atoms with Crippen molar-refractivity contribution in [2.75, 3.05) is 31.7 Å². The van der Waals surface area contributed by atoms with Crippen molar-refractivity contribution >= 4 is 21.7 Å². The van der Waals surface area contributed by atoms with Crippen LogP contribution in [0.15, 0.2) is 77.7 Å². The molecule has 0 saturated carbocycles. The summed E-state index contributed by atoms with van der Waals surface area (Å²) in [5.74, 6) is -0.147. The van der Waals surface area contributed by atoms with Gasteiger partial charge in [-0.2, -0.15) is 0 Å². The standard InChI is InChI=1S/C25H27NO7S/c1-4-33-24(27)17-26(34(29,30)19-14-15-22(31-2)23(16-19)32-3)21-13-9-8-12-20(21)25(28)18-10-6-5-7-11-18/h5-16,25,28H,4,17H2,1-3H3. The number of anilines is 1. The molecule has 3 aromatic rings. The number of sulfonamides is 1. The smallest absolute Gasteiger partial charge is 0.326 e. The lowest BCUT2D eigenvalue weighted by molar-refractivity contribution is -0.141. The number of esters is 1. The Hall–Kier alpha value is -3.56. The van der Waals surface area contributed by atoms with Crippen molar-refractivity contribution in [2.45, 2.75) is 17.9 Å². The van der Waals surface area contributed by atoms with E-state index in [9.17, 15) is 18.3 Å². The molecular weight excluding hydrogens is 458 g/mol. The molecule has 1 N–H and O–H groups in total. The van der Waals surface area contributed by atoms with Gasteiger partial charge in [0.25, 0.3) is 10.0 Å². The van der Waals surface area contributed by atoms with Crippen LogP contribution in [0, 0.1) is 0 Å².